The van der Waals surface area contributed by atoms with Crippen molar-refractivity contribution in [1.29, 1.82) is 0 Å². The van der Waals surface area contributed by atoms with Gasteiger partial charge in [0.05, 0.1) is 19.8 Å². The van der Waals surface area contributed by atoms with Crippen LogP contribution in [-0.2, 0) is 32.8 Å². The minimum absolute atomic E-state index is 0.629. The zero-order valence-corrected chi connectivity index (χ0v) is 20.3. The molecule has 15 atom stereocenters. The lowest BCUT2D eigenvalue weighted by Gasteiger charge is -2.43. The molecule has 0 aromatic carbocycles. The van der Waals surface area contributed by atoms with Gasteiger partial charge in [-0.2, -0.15) is 0 Å². The van der Waals surface area contributed by atoms with Gasteiger partial charge >= 0.3 is 7.82 Å². The summed E-state index contributed by atoms with van der Waals surface area (Å²) in [7, 11) is -4.97. The molecule has 12 N–H and O–H groups in total. The minimum atomic E-state index is -4.97. The Hall–Kier alpha value is -0.490. The first kappa shape index (κ1) is 32.0. The Bertz CT molecular complexity index is 800. The molecule has 0 spiro atoms. The van der Waals surface area contributed by atoms with Crippen LogP contribution in [-0.4, -0.2) is 173 Å². The van der Waals surface area contributed by atoms with E-state index in [1.807, 2.05) is 0 Å². The quantitative estimate of drug-likeness (QED) is 0.112. The fourth-order valence-electron chi connectivity index (χ4n) is 4.00. The highest BCUT2D eigenvalue weighted by Gasteiger charge is 2.49. The minimum Gasteiger partial charge on any atom is -0.387 e. The summed E-state index contributed by atoms with van der Waals surface area (Å²) in [4.78, 5) is 17.6. The predicted octanol–water partition coefficient (Wildman–Crippen LogP) is -7.46. The van der Waals surface area contributed by atoms with Crippen LogP contribution >= 0.6 is 7.82 Å². The first-order valence-electron chi connectivity index (χ1n) is 11.3. The van der Waals surface area contributed by atoms with E-state index in [0.29, 0.717) is 0 Å². The number of phosphoric ester groups is 1. The summed E-state index contributed by atoms with van der Waals surface area (Å²) in [6.07, 6.45) is -26.1. The van der Waals surface area contributed by atoms with Crippen LogP contribution in [0.5, 0.6) is 0 Å². The van der Waals surface area contributed by atoms with E-state index in [1.54, 1.807) is 0 Å². The summed E-state index contributed by atoms with van der Waals surface area (Å²) < 4.78 is 41.2. The molecule has 0 radical (unpaired) electrons. The number of hydrogen-bond acceptors (Lipinski definition) is 17. The van der Waals surface area contributed by atoms with Gasteiger partial charge < -0.3 is 84.5 Å². The second-order valence-electron chi connectivity index (χ2n) is 9.02. The normalized spacial score (nSPS) is 48.7. The fourth-order valence-corrected chi connectivity index (χ4v) is 4.34. The highest BCUT2D eigenvalue weighted by molar-refractivity contribution is 7.46. The lowest BCUT2D eigenvalue weighted by Crippen LogP contribution is -2.62. The summed E-state index contributed by atoms with van der Waals surface area (Å²) in [5, 5.41) is 99.7. The zero-order valence-electron chi connectivity index (χ0n) is 19.5. The molecule has 3 saturated heterocycles. The van der Waals surface area contributed by atoms with E-state index in [1.165, 1.54) is 0 Å². The maximum absolute atomic E-state index is 10.9. The summed E-state index contributed by atoms with van der Waals surface area (Å²) in [5.74, 6) is 0. The van der Waals surface area contributed by atoms with Gasteiger partial charge in [-0.1, -0.05) is 0 Å². The Balaban J connectivity index is 1.59. The van der Waals surface area contributed by atoms with Crippen LogP contribution in [0.2, 0.25) is 0 Å². The first-order chi connectivity index (χ1) is 17.6. The van der Waals surface area contributed by atoms with Gasteiger partial charge in [0.25, 0.3) is 0 Å². The molecule has 224 valence electrons. The highest BCUT2D eigenvalue weighted by Crippen LogP contribution is 2.37. The highest BCUT2D eigenvalue weighted by atomic mass is 31.2. The molecular weight excluding hydrogens is 551 g/mol. The van der Waals surface area contributed by atoms with Crippen molar-refractivity contribution >= 4 is 7.82 Å². The van der Waals surface area contributed by atoms with Crippen LogP contribution in [0.1, 0.15) is 0 Å². The third-order valence-corrected chi connectivity index (χ3v) is 6.77. The summed E-state index contributed by atoms with van der Waals surface area (Å²) in [6.45, 7) is -2.21. The van der Waals surface area contributed by atoms with Crippen molar-refractivity contribution in [2.45, 2.75) is 92.1 Å². The van der Waals surface area contributed by atoms with Crippen LogP contribution < -0.4 is 0 Å². The SMILES string of the molecule is O=P(O)(O)OC[C@H]1O[C@@H](OC[C@H]2O[C@@H](OC[C@H]3OC(O)[C@H](O)[C@@H](O)[C@H]3O)[C@H](O)[C@@H](O)[C@H]2O)[C@H](O)[C@@H](O)[C@H]1O. The molecule has 3 heterocycles. The van der Waals surface area contributed by atoms with Crippen LogP contribution in [0.15, 0.2) is 0 Å². The average Bonchev–Trinajstić information content (AvgIpc) is 2.86. The largest absolute Gasteiger partial charge is 0.469 e. The Morgan fingerprint density at radius 1 is 0.500 bits per heavy atom. The van der Waals surface area contributed by atoms with Gasteiger partial charge in [0.2, 0.25) is 0 Å². The monoisotopic (exact) mass is 584 g/mol. The van der Waals surface area contributed by atoms with Gasteiger partial charge in [-0.3, -0.25) is 4.52 Å². The number of phosphoric acid groups is 1. The lowest BCUT2D eigenvalue weighted by molar-refractivity contribution is -0.340. The van der Waals surface area contributed by atoms with E-state index in [4.69, 9.17) is 33.5 Å². The predicted molar refractivity (Wildman–Crippen MR) is 112 cm³/mol. The van der Waals surface area contributed by atoms with Crippen LogP contribution in [0, 0.1) is 0 Å². The summed E-state index contributed by atoms with van der Waals surface area (Å²) >= 11 is 0. The number of hydrogen-bond donors (Lipinski definition) is 12. The number of aliphatic hydroxyl groups excluding tert-OH is 10. The molecular formula is C18H33O19P. The van der Waals surface area contributed by atoms with Crippen molar-refractivity contribution < 1.29 is 93.6 Å². The molecule has 0 saturated carbocycles. The van der Waals surface area contributed by atoms with Crippen LogP contribution in [0.3, 0.4) is 0 Å². The van der Waals surface area contributed by atoms with Crippen molar-refractivity contribution in [3.63, 3.8) is 0 Å². The number of aliphatic hydroxyl groups is 10. The molecule has 0 aromatic heterocycles. The second kappa shape index (κ2) is 13.0. The molecule has 0 aliphatic carbocycles. The molecule has 19 nitrogen and oxygen atoms in total. The van der Waals surface area contributed by atoms with Gasteiger partial charge in [0.15, 0.2) is 18.9 Å². The van der Waals surface area contributed by atoms with E-state index >= 15 is 0 Å². The Morgan fingerprint density at radius 2 is 0.868 bits per heavy atom. The molecule has 3 aliphatic heterocycles. The fraction of sp³-hybridized carbons (Fsp3) is 1.00. The molecule has 3 rings (SSSR count). The van der Waals surface area contributed by atoms with Crippen LogP contribution in [0.4, 0.5) is 0 Å². The molecule has 1 unspecified atom stereocenters. The van der Waals surface area contributed by atoms with E-state index < -0.39 is 120 Å². The third kappa shape index (κ3) is 7.42. The molecule has 3 fully saturated rings. The molecule has 3 aliphatic rings. The van der Waals surface area contributed by atoms with Gasteiger partial charge in [0.1, 0.15) is 73.2 Å². The van der Waals surface area contributed by atoms with Gasteiger partial charge in [-0.15, -0.1) is 0 Å². The van der Waals surface area contributed by atoms with Crippen molar-refractivity contribution in [1.82, 2.24) is 0 Å². The van der Waals surface area contributed by atoms with Crippen molar-refractivity contribution in [3.8, 4) is 0 Å². The molecule has 20 heteroatoms. The van der Waals surface area contributed by atoms with E-state index in [-0.39, 0.29) is 0 Å². The number of ether oxygens (including phenoxy) is 5. The van der Waals surface area contributed by atoms with E-state index in [0.717, 1.165) is 0 Å². The molecule has 38 heavy (non-hydrogen) atoms. The standard InChI is InChI=1S/C18H33O19P/c19-7-4(35-16(28)13(25)10(7)22)1-32-17-14(26)11(23)8(20)5(36-17)2-33-18-15(27)12(24)9(21)6(37-18)3-34-38(29,30)31/h4-28H,1-3H2,(H2,29,30,31)/t4-,5-,6-,7+,8+,9+,10+,11+,12+,13-,14-,15-,16?,17-,18-/m1/s1. The Labute approximate surface area is 214 Å². The van der Waals surface area contributed by atoms with Crippen molar-refractivity contribution in [3.05, 3.63) is 0 Å². The third-order valence-electron chi connectivity index (χ3n) is 6.28. The zero-order chi connectivity index (χ0) is 28.5. The Morgan fingerprint density at radius 3 is 1.29 bits per heavy atom. The van der Waals surface area contributed by atoms with E-state index in [9.17, 15) is 55.6 Å². The smallest absolute Gasteiger partial charge is 0.387 e. The van der Waals surface area contributed by atoms with Crippen molar-refractivity contribution in [2.24, 2.45) is 0 Å². The van der Waals surface area contributed by atoms with Crippen LogP contribution in [0.25, 0.3) is 0 Å². The second-order valence-corrected chi connectivity index (χ2v) is 10.3. The first-order valence-corrected chi connectivity index (χ1v) is 12.9. The average molecular weight is 584 g/mol. The van der Waals surface area contributed by atoms with Gasteiger partial charge in [-0.05, 0) is 0 Å². The lowest BCUT2D eigenvalue weighted by atomic mass is 9.98. The molecule has 0 amide bonds. The van der Waals surface area contributed by atoms with E-state index in [2.05, 4.69) is 4.52 Å². The maximum atomic E-state index is 10.9. The van der Waals surface area contributed by atoms with Gasteiger partial charge in [0, 0.05) is 0 Å². The summed E-state index contributed by atoms with van der Waals surface area (Å²) in [6, 6.07) is 0. The summed E-state index contributed by atoms with van der Waals surface area (Å²) in [5.41, 5.74) is 0. The topological polar surface area (TPSA) is 315 Å². The number of rotatable bonds is 9. The van der Waals surface area contributed by atoms with Crippen molar-refractivity contribution in [2.75, 3.05) is 19.8 Å². The van der Waals surface area contributed by atoms with Gasteiger partial charge in [-0.25, -0.2) is 4.57 Å². The maximum Gasteiger partial charge on any atom is 0.469 e. The Kier molecular flexibility index (Phi) is 11.0. The molecule has 0 aromatic rings. The molecule has 0 bridgehead atoms.